The molecule has 0 spiro atoms. The van der Waals surface area contributed by atoms with Crippen LogP contribution < -0.4 is 4.74 Å². The fourth-order valence-corrected chi connectivity index (χ4v) is 1.87. The molecule has 2 heterocycles. The molecule has 1 aromatic carbocycles. The molecule has 4 nitrogen and oxygen atoms in total. The number of para-hydroxylation sites is 2. The Morgan fingerprint density at radius 3 is 2.50 bits per heavy atom. The minimum atomic E-state index is 0.430. The summed E-state index contributed by atoms with van der Waals surface area (Å²) >= 11 is 3.29. The van der Waals surface area contributed by atoms with Crippen LogP contribution >= 0.6 is 15.9 Å². The van der Waals surface area contributed by atoms with Crippen LogP contribution in [0.5, 0.6) is 11.8 Å². The smallest absolute Gasteiger partial charge is 0.240 e. The van der Waals surface area contributed by atoms with Crippen molar-refractivity contribution in [1.29, 1.82) is 0 Å². The fourth-order valence-electron chi connectivity index (χ4n) is 1.54. The quantitative estimate of drug-likeness (QED) is 0.679. The summed E-state index contributed by atoms with van der Waals surface area (Å²) in [5, 5.41) is 0. The number of hydrogen-bond donors (Lipinski definition) is 0. The molecule has 88 valence electrons. The van der Waals surface area contributed by atoms with Crippen LogP contribution in [0.1, 0.15) is 0 Å². The summed E-state index contributed by atoms with van der Waals surface area (Å²) in [5.74, 6) is 0.910. The standard InChI is InChI=1S/C13H8BrN3O/c14-11-6-3-7-12(17-11)18-13-8-15-9-4-1-2-5-10(9)16-13/h1-8H. The molecule has 0 amide bonds. The van der Waals surface area contributed by atoms with E-state index < -0.39 is 0 Å². The average molecular weight is 302 g/mol. The highest BCUT2D eigenvalue weighted by molar-refractivity contribution is 9.10. The van der Waals surface area contributed by atoms with E-state index in [1.54, 1.807) is 12.3 Å². The van der Waals surface area contributed by atoms with E-state index in [2.05, 4.69) is 30.9 Å². The number of hydrogen-bond acceptors (Lipinski definition) is 4. The first-order valence-electron chi connectivity index (χ1n) is 5.33. The van der Waals surface area contributed by atoms with Crippen LogP contribution in [-0.4, -0.2) is 15.0 Å². The Kier molecular flexibility index (Phi) is 2.90. The van der Waals surface area contributed by atoms with Crippen molar-refractivity contribution in [2.24, 2.45) is 0 Å². The minimum absolute atomic E-state index is 0.430. The number of aromatic nitrogens is 3. The van der Waals surface area contributed by atoms with Gasteiger partial charge >= 0.3 is 0 Å². The molecule has 0 saturated carbocycles. The third-order valence-corrected chi connectivity index (χ3v) is 2.77. The molecule has 0 fully saturated rings. The fraction of sp³-hybridized carbons (Fsp3) is 0. The van der Waals surface area contributed by atoms with Gasteiger partial charge in [-0.25, -0.2) is 15.0 Å². The Balaban J connectivity index is 1.95. The Morgan fingerprint density at radius 1 is 0.833 bits per heavy atom. The van der Waals surface area contributed by atoms with E-state index >= 15 is 0 Å². The molecule has 5 heteroatoms. The number of benzene rings is 1. The Hall–Kier alpha value is -2.01. The van der Waals surface area contributed by atoms with Crippen molar-refractivity contribution in [3.8, 4) is 11.8 Å². The van der Waals surface area contributed by atoms with Crippen molar-refractivity contribution in [3.05, 3.63) is 53.3 Å². The first-order chi connectivity index (χ1) is 8.81. The zero-order valence-corrected chi connectivity index (χ0v) is 10.8. The van der Waals surface area contributed by atoms with Gasteiger partial charge in [-0.1, -0.05) is 18.2 Å². The van der Waals surface area contributed by atoms with Gasteiger partial charge in [0.25, 0.3) is 0 Å². The van der Waals surface area contributed by atoms with E-state index in [1.165, 1.54) is 0 Å². The summed E-state index contributed by atoms with van der Waals surface area (Å²) in [4.78, 5) is 12.8. The second-order valence-electron chi connectivity index (χ2n) is 3.60. The van der Waals surface area contributed by atoms with E-state index in [4.69, 9.17) is 4.74 Å². The molecule has 0 saturated heterocycles. The molecular weight excluding hydrogens is 294 g/mol. The second-order valence-corrected chi connectivity index (χ2v) is 4.41. The molecule has 0 aliphatic heterocycles. The van der Waals surface area contributed by atoms with Gasteiger partial charge in [0.1, 0.15) is 4.60 Å². The number of pyridine rings is 1. The van der Waals surface area contributed by atoms with E-state index in [0.717, 1.165) is 11.0 Å². The van der Waals surface area contributed by atoms with Gasteiger partial charge in [0, 0.05) is 6.07 Å². The number of halogens is 1. The normalized spacial score (nSPS) is 10.5. The topological polar surface area (TPSA) is 47.9 Å². The summed E-state index contributed by atoms with van der Waals surface area (Å²) in [6.45, 7) is 0. The number of ether oxygens (including phenoxy) is 1. The van der Waals surface area contributed by atoms with Crippen LogP contribution in [0, 0.1) is 0 Å². The maximum absolute atomic E-state index is 5.55. The van der Waals surface area contributed by atoms with Crippen LogP contribution in [0.2, 0.25) is 0 Å². The van der Waals surface area contributed by atoms with Gasteiger partial charge in [0.05, 0.1) is 17.2 Å². The summed E-state index contributed by atoms with van der Waals surface area (Å²) < 4.78 is 6.27. The zero-order chi connectivity index (χ0) is 12.4. The van der Waals surface area contributed by atoms with Crippen molar-refractivity contribution >= 4 is 27.0 Å². The molecule has 0 radical (unpaired) electrons. The largest absolute Gasteiger partial charge is 0.419 e. The summed E-state index contributed by atoms with van der Waals surface area (Å²) in [5.41, 5.74) is 1.64. The van der Waals surface area contributed by atoms with Gasteiger partial charge < -0.3 is 4.74 Å². The maximum Gasteiger partial charge on any atom is 0.240 e. The van der Waals surface area contributed by atoms with Crippen LogP contribution in [-0.2, 0) is 0 Å². The Morgan fingerprint density at radius 2 is 1.67 bits per heavy atom. The van der Waals surface area contributed by atoms with E-state index in [1.807, 2.05) is 36.4 Å². The molecule has 3 rings (SSSR count). The highest BCUT2D eigenvalue weighted by atomic mass is 79.9. The predicted molar refractivity (Wildman–Crippen MR) is 71.5 cm³/mol. The van der Waals surface area contributed by atoms with Crippen LogP contribution in [0.15, 0.2) is 53.3 Å². The molecule has 18 heavy (non-hydrogen) atoms. The van der Waals surface area contributed by atoms with Gasteiger partial charge in [0.2, 0.25) is 11.8 Å². The molecule has 0 bridgehead atoms. The summed E-state index contributed by atoms with van der Waals surface area (Å²) in [7, 11) is 0. The summed E-state index contributed by atoms with van der Waals surface area (Å²) in [6.07, 6.45) is 1.59. The van der Waals surface area contributed by atoms with Gasteiger partial charge in [-0.3, -0.25) is 0 Å². The van der Waals surface area contributed by atoms with E-state index in [-0.39, 0.29) is 0 Å². The highest BCUT2D eigenvalue weighted by Crippen LogP contribution is 2.20. The van der Waals surface area contributed by atoms with Gasteiger partial charge in [-0.2, -0.15) is 0 Å². The van der Waals surface area contributed by atoms with Crippen molar-refractivity contribution in [3.63, 3.8) is 0 Å². The molecule has 0 aliphatic rings. The Labute approximate surface area is 112 Å². The molecular formula is C13H8BrN3O. The lowest BCUT2D eigenvalue weighted by Crippen LogP contribution is -1.92. The molecule has 0 aliphatic carbocycles. The molecule has 3 aromatic rings. The predicted octanol–water partition coefficient (Wildman–Crippen LogP) is 3.58. The Bertz CT molecular complexity index is 702. The molecule has 0 atom stereocenters. The number of nitrogens with zero attached hydrogens (tertiary/aromatic N) is 3. The van der Waals surface area contributed by atoms with Crippen LogP contribution in [0.25, 0.3) is 11.0 Å². The highest BCUT2D eigenvalue weighted by Gasteiger charge is 2.03. The average Bonchev–Trinajstić information content (AvgIpc) is 2.39. The van der Waals surface area contributed by atoms with Crippen LogP contribution in [0.3, 0.4) is 0 Å². The molecule has 0 unspecified atom stereocenters. The van der Waals surface area contributed by atoms with Crippen LogP contribution in [0.4, 0.5) is 0 Å². The lowest BCUT2D eigenvalue weighted by atomic mass is 10.3. The lowest BCUT2D eigenvalue weighted by molar-refractivity contribution is 0.443. The third-order valence-electron chi connectivity index (χ3n) is 2.33. The third kappa shape index (κ3) is 2.31. The van der Waals surface area contributed by atoms with Crippen molar-refractivity contribution in [1.82, 2.24) is 15.0 Å². The summed E-state index contributed by atoms with van der Waals surface area (Å²) in [6, 6.07) is 13.1. The maximum atomic E-state index is 5.55. The monoisotopic (exact) mass is 301 g/mol. The van der Waals surface area contributed by atoms with Crippen molar-refractivity contribution < 1.29 is 4.74 Å². The first kappa shape index (κ1) is 11.1. The SMILES string of the molecule is Brc1cccc(Oc2cnc3ccccc3n2)n1. The van der Waals surface area contributed by atoms with E-state index in [9.17, 15) is 0 Å². The minimum Gasteiger partial charge on any atom is -0.419 e. The zero-order valence-electron chi connectivity index (χ0n) is 9.25. The molecule has 2 aromatic heterocycles. The number of fused-ring (bicyclic) bond motifs is 1. The second kappa shape index (κ2) is 4.70. The number of rotatable bonds is 2. The van der Waals surface area contributed by atoms with Crippen molar-refractivity contribution in [2.75, 3.05) is 0 Å². The van der Waals surface area contributed by atoms with Gasteiger partial charge in [-0.05, 0) is 34.1 Å². The van der Waals surface area contributed by atoms with Gasteiger partial charge in [-0.15, -0.1) is 0 Å². The lowest BCUT2D eigenvalue weighted by Gasteiger charge is -2.04. The van der Waals surface area contributed by atoms with Crippen molar-refractivity contribution in [2.45, 2.75) is 0 Å². The van der Waals surface area contributed by atoms with E-state index in [0.29, 0.717) is 16.4 Å². The first-order valence-corrected chi connectivity index (χ1v) is 6.13. The van der Waals surface area contributed by atoms with Gasteiger partial charge in [0.15, 0.2) is 0 Å². The molecule has 0 N–H and O–H groups in total.